The summed E-state index contributed by atoms with van der Waals surface area (Å²) in [6.07, 6.45) is 0. The van der Waals surface area contributed by atoms with Gasteiger partial charge in [0.15, 0.2) is 4.90 Å². The zero-order valence-corrected chi connectivity index (χ0v) is 13.7. The van der Waals surface area contributed by atoms with Gasteiger partial charge in [0, 0.05) is 6.07 Å². The second-order valence-corrected chi connectivity index (χ2v) is 6.77. The lowest BCUT2D eigenvalue weighted by Gasteiger charge is -2.28. The number of halogens is 1. The molecule has 8 nitrogen and oxygen atoms in total. The molecule has 0 spiro atoms. The molecular formula is C15H13FN2O6S. The van der Waals surface area contributed by atoms with Crippen LogP contribution in [0.3, 0.4) is 0 Å². The monoisotopic (exact) mass is 368 g/mol. The summed E-state index contributed by atoms with van der Waals surface area (Å²) in [5.41, 5.74) is -1.25. The molecule has 25 heavy (non-hydrogen) atoms. The Hall–Kier alpha value is -3.01. The van der Waals surface area contributed by atoms with Crippen LogP contribution in [0.4, 0.5) is 15.8 Å². The van der Waals surface area contributed by atoms with E-state index in [1.807, 2.05) is 0 Å². The molecule has 0 aliphatic carbocycles. The highest BCUT2D eigenvalue weighted by atomic mass is 32.2. The van der Waals surface area contributed by atoms with E-state index in [0.717, 1.165) is 31.2 Å². The molecule has 0 aliphatic rings. The number of nitro benzene ring substituents is 1. The van der Waals surface area contributed by atoms with Crippen LogP contribution >= 0.6 is 0 Å². The predicted molar refractivity (Wildman–Crippen MR) is 86.3 cm³/mol. The van der Waals surface area contributed by atoms with E-state index in [1.165, 1.54) is 24.3 Å². The second-order valence-electron chi connectivity index (χ2n) is 4.99. The molecule has 2 aromatic rings. The molecular weight excluding hydrogens is 355 g/mol. The van der Waals surface area contributed by atoms with Crippen LogP contribution in [0.2, 0.25) is 0 Å². The van der Waals surface area contributed by atoms with Gasteiger partial charge in [-0.1, -0.05) is 24.3 Å². The van der Waals surface area contributed by atoms with Gasteiger partial charge >= 0.3 is 5.97 Å². The topological polar surface area (TPSA) is 118 Å². The minimum atomic E-state index is -4.73. The van der Waals surface area contributed by atoms with Crippen LogP contribution in [-0.2, 0) is 14.8 Å². The smallest absolute Gasteiger partial charge is 0.327 e. The van der Waals surface area contributed by atoms with Crippen LogP contribution in [0.1, 0.15) is 6.92 Å². The Kier molecular flexibility index (Phi) is 5.02. The highest BCUT2D eigenvalue weighted by molar-refractivity contribution is 7.93. The molecule has 132 valence electrons. The Morgan fingerprint density at radius 2 is 1.76 bits per heavy atom. The first-order valence-electron chi connectivity index (χ1n) is 6.93. The van der Waals surface area contributed by atoms with Crippen molar-refractivity contribution < 1.29 is 27.6 Å². The Labute approximate surface area is 142 Å². The number of hydrogen-bond donors (Lipinski definition) is 1. The third-order valence-corrected chi connectivity index (χ3v) is 5.33. The van der Waals surface area contributed by atoms with Gasteiger partial charge in [0.1, 0.15) is 11.9 Å². The minimum Gasteiger partial charge on any atom is -0.480 e. The summed E-state index contributed by atoms with van der Waals surface area (Å²) in [6, 6.07) is 7.45. The second kappa shape index (κ2) is 6.85. The van der Waals surface area contributed by atoms with Gasteiger partial charge in [-0.3, -0.25) is 10.1 Å². The molecule has 0 saturated heterocycles. The molecule has 0 amide bonds. The number of carbonyl (C=O) groups is 1. The fourth-order valence-corrected chi connectivity index (χ4v) is 3.99. The lowest BCUT2D eigenvalue weighted by atomic mass is 10.2. The van der Waals surface area contributed by atoms with Crippen molar-refractivity contribution in [2.75, 3.05) is 4.31 Å². The molecule has 0 aliphatic heterocycles. The first-order valence-corrected chi connectivity index (χ1v) is 8.37. The summed E-state index contributed by atoms with van der Waals surface area (Å²) in [5.74, 6) is -2.51. The SMILES string of the molecule is CC(C(=O)O)N(c1ccccc1F)S(=O)(=O)c1ccccc1[N+](=O)[O-]. The molecule has 0 heterocycles. The molecule has 1 atom stereocenters. The number of para-hydroxylation sites is 2. The highest BCUT2D eigenvalue weighted by Gasteiger charge is 2.38. The van der Waals surface area contributed by atoms with Gasteiger partial charge in [0.05, 0.1) is 10.6 Å². The van der Waals surface area contributed by atoms with Crippen molar-refractivity contribution in [2.24, 2.45) is 0 Å². The number of hydrogen-bond acceptors (Lipinski definition) is 5. The number of nitrogens with zero attached hydrogens (tertiary/aromatic N) is 2. The number of aliphatic carboxylic acids is 1. The van der Waals surface area contributed by atoms with E-state index in [-0.39, 0.29) is 0 Å². The Morgan fingerprint density at radius 3 is 2.32 bits per heavy atom. The average Bonchev–Trinajstić information content (AvgIpc) is 2.56. The largest absolute Gasteiger partial charge is 0.480 e. The Bertz CT molecular complexity index is 931. The van der Waals surface area contributed by atoms with Crippen LogP contribution in [0.5, 0.6) is 0 Å². The van der Waals surface area contributed by atoms with Crippen molar-refractivity contribution in [2.45, 2.75) is 17.9 Å². The van der Waals surface area contributed by atoms with E-state index in [9.17, 15) is 32.8 Å². The Balaban J connectivity index is 2.76. The van der Waals surface area contributed by atoms with Crippen LogP contribution in [0.15, 0.2) is 53.4 Å². The first-order chi connectivity index (χ1) is 11.7. The number of carboxylic acids is 1. The zero-order valence-electron chi connectivity index (χ0n) is 12.9. The van der Waals surface area contributed by atoms with Crippen LogP contribution in [-0.4, -0.2) is 30.5 Å². The summed E-state index contributed by atoms with van der Waals surface area (Å²) < 4.78 is 40.4. The third-order valence-electron chi connectivity index (χ3n) is 3.40. The van der Waals surface area contributed by atoms with Crippen molar-refractivity contribution in [1.29, 1.82) is 0 Å². The van der Waals surface area contributed by atoms with Crippen molar-refractivity contribution in [3.8, 4) is 0 Å². The fourth-order valence-electron chi connectivity index (χ4n) is 2.21. The fraction of sp³-hybridized carbons (Fsp3) is 0.133. The highest BCUT2D eigenvalue weighted by Crippen LogP contribution is 2.32. The number of anilines is 1. The van der Waals surface area contributed by atoms with E-state index in [1.54, 1.807) is 0 Å². The van der Waals surface area contributed by atoms with Crippen molar-refractivity contribution in [3.05, 3.63) is 64.5 Å². The molecule has 2 aromatic carbocycles. The van der Waals surface area contributed by atoms with Crippen molar-refractivity contribution in [3.63, 3.8) is 0 Å². The van der Waals surface area contributed by atoms with Crippen molar-refractivity contribution in [1.82, 2.24) is 0 Å². The number of benzene rings is 2. The third kappa shape index (κ3) is 3.43. The maximum Gasteiger partial charge on any atom is 0.327 e. The molecule has 0 bridgehead atoms. The van der Waals surface area contributed by atoms with E-state index in [2.05, 4.69) is 0 Å². The average molecular weight is 368 g/mol. The number of nitro groups is 1. The molecule has 1 N–H and O–H groups in total. The molecule has 0 saturated carbocycles. The summed E-state index contributed by atoms with van der Waals surface area (Å²) in [6.45, 7) is 1.04. The molecule has 0 aromatic heterocycles. The Morgan fingerprint density at radius 1 is 1.20 bits per heavy atom. The lowest BCUT2D eigenvalue weighted by Crippen LogP contribution is -2.44. The number of carboxylic acid groups (broad SMARTS) is 1. The molecule has 10 heteroatoms. The summed E-state index contributed by atoms with van der Waals surface area (Å²) in [4.78, 5) is 20.9. The number of rotatable bonds is 6. The van der Waals surface area contributed by atoms with Crippen LogP contribution in [0.25, 0.3) is 0 Å². The predicted octanol–water partition coefficient (Wildman–Crippen LogP) is 2.40. The standard InChI is InChI=1S/C15H13FN2O6S/c1-10(15(19)20)17(12-7-3-2-6-11(12)16)25(23,24)14-9-5-4-8-13(14)18(21)22/h2-10H,1H3,(H,19,20). The molecule has 0 radical (unpaired) electrons. The summed E-state index contributed by atoms with van der Waals surface area (Å²) >= 11 is 0. The maximum atomic E-state index is 14.1. The molecule has 0 fully saturated rings. The van der Waals surface area contributed by atoms with Crippen LogP contribution < -0.4 is 4.31 Å². The van der Waals surface area contributed by atoms with E-state index in [0.29, 0.717) is 4.31 Å². The quantitative estimate of drug-likeness (QED) is 0.618. The van der Waals surface area contributed by atoms with Gasteiger partial charge in [0.2, 0.25) is 0 Å². The zero-order chi connectivity index (χ0) is 18.8. The minimum absolute atomic E-state index is 0.326. The molecule has 2 rings (SSSR count). The van der Waals surface area contributed by atoms with E-state index in [4.69, 9.17) is 0 Å². The molecule has 1 unspecified atom stereocenters. The van der Waals surface area contributed by atoms with Gasteiger partial charge < -0.3 is 5.11 Å². The van der Waals surface area contributed by atoms with Gasteiger partial charge in [-0.15, -0.1) is 0 Å². The van der Waals surface area contributed by atoms with E-state index < -0.39 is 49.0 Å². The van der Waals surface area contributed by atoms with Gasteiger partial charge in [-0.2, -0.15) is 0 Å². The lowest BCUT2D eigenvalue weighted by molar-refractivity contribution is -0.387. The van der Waals surface area contributed by atoms with E-state index >= 15 is 0 Å². The van der Waals surface area contributed by atoms with Crippen LogP contribution in [0, 0.1) is 15.9 Å². The van der Waals surface area contributed by atoms with Gasteiger partial charge in [0.25, 0.3) is 15.7 Å². The van der Waals surface area contributed by atoms with Gasteiger partial charge in [-0.05, 0) is 25.1 Å². The normalized spacial score (nSPS) is 12.4. The number of sulfonamides is 1. The van der Waals surface area contributed by atoms with Crippen molar-refractivity contribution >= 4 is 27.4 Å². The maximum absolute atomic E-state index is 14.1. The summed E-state index contributed by atoms with van der Waals surface area (Å²) in [7, 11) is -4.73. The van der Waals surface area contributed by atoms with Gasteiger partial charge in [-0.25, -0.2) is 21.9 Å². The first kappa shape index (κ1) is 18.3. The summed E-state index contributed by atoms with van der Waals surface area (Å²) in [5, 5.41) is 20.4.